The molecule has 1 fully saturated rings. The van der Waals surface area contributed by atoms with Crippen LogP contribution in [0, 0.1) is 5.92 Å². The molecule has 0 saturated carbocycles. The molecule has 0 bridgehead atoms. The second-order valence-corrected chi connectivity index (χ2v) is 4.81. The Morgan fingerprint density at radius 2 is 2.00 bits per heavy atom. The minimum Gasteiger partial charge on any atom is -0.330 e. The lowest BCUT2D eigenvalue weighted by Gasteiger charge is -2.41. The fraction of sp³-hybridized carbons (Fsp3) is 0.500. The first-order valence-electron chi connectivity index (χ1n) is 5.35. The van der Waals surface area contributed by atoms with Gasteiger partial charge in [0.05, 0.1) is 0 Å². The number of hydrogen-bond donors (Lipinski definition) is 1. The summed E-state index contributed by atoms with van der Waals surface area (Å²) in [5.74, 6) is 1.19. The summed E-state index contributed by atoms with van der Waals surface area (Å²) in [4.78, 5) is 2.32. The van der Waals surface area contributed by atoms with Gasteiger partial charge in [-0.25, -0.2) is 0 Å². The summed E-state index contributed by atoms with van der Waals surface area (Å²) in [7, 11) is 2.14. The van der Waals surface area contributed by atoms with Crippen molar-refractivity contribution in [2.45, 2.75) is 5.92 Å². The van der Waals surface area contributed by atoms with Crippen LogP contribution in [0.2, 0.25) is 5.02 Å². The highest BCUT2D eigenvalue weighted by molar-refractivity contribution is 6.30. The molecule has 3 heteroatoms. The number of halogens is 1. The van der Waals surface area contributed by atoms with E-state index < -0.39 is 0 Å². The molecule has 82 valence electrons. The van der Waals surface area contributed by atoms with Gasteiger partial charge in [-0.15, -0.1) is 0 Å². The molecule has 0 radical (unpaired) electrons. The van der Waals surface area contributed by atoms with Crippen molar-refractivity contribution in [3.8, 4) is 0 Å². The number of rotatable bonds is 3. The largest absolute Gasteiger partial charge is 0.330 e. The van der Waals surface area contributed by atoms with Crippen LogP contribution in [0.3, 0.4) is 0 Å². The number of likely N-dealkylation sites (tertiary alicyclic amines) is 1. The maximum atomic E-state index is 5.87. The first-order valence-corrected chi connectivity index (χ1v) is 5.72. The van der Waals surface area contributed by atoms with Crippen molar-refractivity contribution in [2.24, 2.45) is 11.7 Å². The topological polar surface area (TPSA) is 29.3 Å². The molecule has 1 aromatic carbocycles. The van der Waals surface area contributed by atoms with Crippen LogP contribution in [0.4, 0.5) is 0 Å². The predicted octanol–water partition coefficient (Wildman–Crippen LogP) is 1.94. The minimum atomic E-state index is 0.485. The van der Waals surface area contributed by atoms with Crippen LogP contribution in [0.15, 0.2) is 24.3 Å². The molecule has 0 spiro atoms. The van der Waals surface area contributed by atoms with E-state index in [-0.39, 0.29) is 0 Å². The van der Waals surface area contributed by atoms with E-state index in [1.54, 1.807) is 0 Å². The number of nitrogens with two attached hydrogens (primary N) is 1. The van der Waals surface area contributed by atoms with Crippen molar-refractivity contribution in [1.29, 1.82) is 0 Å². The van der Waals surface area contributed by atoms with Crippen LogP contribution in [0.5, 0.6) is 0 Å². The average molecular weight is 225 g/mol. The van der Waals surface area contributed by atoms with E-state index in [1.807, 2.05) is 12.1 Å². The molecule has 2 rings (SSSR count). The van der Waals surface area contributed by atoms with Crippen LogP contribution in [-0.4, -0.2) is 31.6 Å². The lowest BCUT2D eigenvalue weighted by Crippen LogP contribution is -2.48. The molecule has 0 amide bonds. The third kappa shape index (κ3) is 2.33. The van der Waals surface area contributed by atoms with Gasteiger partial charge in [0.1, 0.15) is 0 Å². The molecule has 1 aliphatic heterocycles. The van der Waals surface area contributed by atoms with Crippen molar-refractivity contribution in [1.82, 2.24) is 4.90 Å². The van der Waals surface area contributed by atoms with Gasteiger partial charge in [0.25, 0.3) is 0 Å². The lowest BCUT2D eigenvalue weighted by molar-refractivity contribution is 0.112. The first kappa shape index (κ1) is 10.9. The van der Waals surface area contributed by atoms with Crippen LogP contribution in [-0.2, 0) is 0 Å². The number of nitrogens with zero attached hydrogens (tertiary/aromatic N) is 1. The van der Waals surface area contributed by atoms with Crippen LogP contribution >= 0.6 is 11.6 Å². The SMILES string of the molecule is CN1CC(C(CN)c2ccc(Cl)cc2)C1. The van der Waals surface area contributed by atoms with Crippen molar-refractivity contribution in [2.75, 3.05) is 26.7 Å². The van der Waals surface area contributed by atoms with Crippen LogP contribution in [0.1, 0.15) is 11.5 Å². The molecule has 15 heavy (non-hydrogen) atoms. The monoisotopic (exact) mass is 224 g/mol. The first-order chi connectivity index (χ1) is 7.20. The zero-order valence-electron chi connectivity index (χ0n) is 8.99. The summed E-state index contributed by atoms with van der Waals surface area (Å²) in [6, 6.07) is 8.08. The van der Waals surface area contributed by atoms with Gasteiger partial charge in [0.2, 0.25) is 0 Å². The molecule has 1 heterocycles. The normalized spacial score (nSPS) is 19.9. The second-order valence-electron chi connectivity index (χ2n) is 4.38. The Bertz CT molecular complexity index is 317. The molecule has 0 aromatic heterocycles. The minimum absolute atomic E-state index is 0.485. The highest BCUT2D eigenvalue weighted by atomic mass is 35.5. The van der Waals surface area contributed by atoms with Gasteiger partial charge >= 0.3 is 0 Å². The van der Waals surface area contributed by atoms with E-state index in [0.717, 1.165) is 24.7 Å². The standard InChI is InChI=1S/C12H17ClN2/c1-15-7-10(8-15)12(6-14)9-2-4-11(13)5-3-9/h2-5,10,12H,6-8,14H2,1H3. The van der Waals surface area contributed by atoms with Gasteiger partial charge in [0, 0.05) is 24.0 Å². The van der Waals surface area contributed by atoms with Gasteiger partial charge in [0.15, 0.2) is 0 Å². The fourth-order valence-corrected chi connectivity index (χ4v) is 2.44. The van der Waals surface area contributed by atoms with E-state index >= 15 is 0 Å². The zero-order chi connectivity index (χ0) is 10.8. The summed E-state index contributed by atoms with van der Waals surface area (Å²) in [5.41, 5.74) is 7.17. The van der Waals surface area contributed by atoms with Gasteiger partial charge in [-0.1, -0.05) is 23.7 Å². The van der Waals surface area contributed by atoms with E-state index in [2.05, 4.69) is 24.1 Å². The quantitative estimate of drug-likeness (QED) is 0.851. The summed E-state index contributed by atoms with van der Waals surface area (Å²) >= 11 is 5.87. The average Bonchev–Trinajstić information content (AvgIpc) is 2.19. The van der Waals surface area contributed by atoms with Gasteiger partial charge < -0.3 is 10.6 Å². The summed E-state index contributed by atoms with van der Waals surface area (Å²) in [6.45, 7) is 3.04. The van der Waals surface area contributed by atoms with E-state index in [4.69, 9.17) is 17.3 Å². The van der Waals surface area contributed by atoms with Gasteiger partial charge in [-0.3, -0.25) is 0 Å². The van der Waals surface area contributed by atoms with E-state index in [0.29, 0.717) is 11.8 Å². The van der Waals surface area contributed by atoms with Crippen LogP contribution in [0.25, 0.3) is 0 Å². The third-order valence-corrected chi connectivity index (χ3v) is 3.47. The molecule has 0 aliphatic carbocycles. The highest BCUT2D eigenvalue weighted by Gasteiger charge is 2.31. The molecule has 1 unspecified atom stereocenters. The predicted molar refractivity (Wildman–Crippen MR) is 64.2 cm³/mol. The molecular weight excluding hydrogens is 208 g/mol. The van der Waals surface area contributed by atoms with Gasteiger partial charge in [-0.05, 0) is 37.2 Å². The fourth-order valence-electron chi connectivity index (χ4n) is 2.31. The van der Waals surface area contributed by atoms with E-state index in [1.165, 1.54) is 5.56 Å². The van der Waals surface area contributed by atoms with Crippen molar-refractivity contribution < 1.29 is 0 Å². The number of benzene rings is 1. The second kappa shape index (κ2) is 4.52. The number of hydrogen-bond acceptors (Lipinski definition) is 2. The molecule has 1 saturated heterocycles. The Labute approximate surface area is 96.0 Å². The van der Waals surface area contributed by atoms with Crippen molar-refractivity contribution >= 4 is 11.6 Å². The van der Waals surface area contributed by atoms with Crippen molar-refractivity contribution in [3.63, 3.8) is 0 Å². The van der Waals surface area contributed by atoms with Gasteiger partial charge in [-0.2, -0.15) is 0 Å². The molecule has 2 N–H and O–H groups in total. The van der Waals surface area contributed by atoms with E-state index in [9.17, 15) is 0 Å². The Hall–Kier alpha value is -0.570. The summed E-state index contributed by atoms with van der Waals surface area (Å²) in [5, 5.41) is 0.792. The smallest absolute Gasteiger partial charge is 0.0406 e. The third-order valence-electron chi connectivity index (χ3n) is 3.21. The summed E-state index contributed by atoms with van der Waals surface area (Å²) < 4.78 is 0. The molecular formula is C12H17ClN2. The summed E-state index contributed by atoms with van der Waals surface area (Å²) in [6.07, 6.45) is 0. The molecule has 2 nitrogen and oxygen atoms in total. The Morgan fingerprint density at radius 1 is 1.40 bits per heavy atom. The maximum Gasteiger partial charge on any atom is 0.0406 e. The van der Waals surface area contributed by atoms with Crippen LogP contribution < -0.4 is 5.73 Å². The Balaban J connectivity index is 2.09. The highest BCUT2D eigenvalue weighted by Crippen LogP contribution is 2.30. The molecule has 1 aliphatic rings. The zero-order valence-corrected chi connectivity index (χ0v) is 9.74. The molecule has 1 atom stereocenters. The maximum absolute atomic E-state index is 5.87. The Kier molecular flexibility index (Phi) is 3.29. The van der Waals surface area contributed by atoms with Crippen molar-refractivity contribution in [3.05, 3.63) is 34.9 Å². The molecule has 1 aromatic rings. The lowest BCUT2D eigenvalue weighted by atomic mass is 9.81. The Morgan fingerprint density at radius 3 is 2.47 bits per heavy atom.